The number of aliphatic hydroxyl groups excluding tert-OH is 3. The van der Waals surface area contributed by atoms with Crippen LogP contribution >= 0.6 is 0 Å². The third-order valence-electron chi connectivity index (χ3n) is 2.43. The van der Waals surface area contributed by atoms with Gasteiger partial charge in [-0.05, 0) is 17.4 Å². The first-order chi connectivity index (χ1) is 8.60. The van der Waals surface area contributed by atoms with Crippen LogP contribution in [0, 0.1) is 10.1 Å². The molecule has 0 aromatic rings. The van der Waals surface area contributed by atoms with Gasteiger partial charge in [-0.15, -0.1) is 0 Å². The third kappa shape index (κ3) is 3.77. The number of nitro groups is 1. The van der Waals surface area contributed by atoms with Gasteiger partial charge in [0.1, 0.15) is 12.2 Å². The van der Waals surface area contributed by atoms with E-state index in [1.54, 1.807) is 6.08 Å². The molecule has 0 saturated carbocycles. The topological polar surface area (TPSA) is 116 Å². The van der Waals surface area contributed by atoms with E-state index in [9.17, 15) is 15.2 Å². The minimum Gasteiger partial charge on any atom is -0.394 e. The molecule has 3 N–H and O–H groups in total. The molecule has 8 nitrogen and oxygen atoms in total. The van der Waals surface area contributed by atoms with Gasteiger partial charge in [-0.3, -0.25) is 0 Å². The number of allylic oxidation sites excluding steroid dienone is 2. The van der Waals surface area contributed by atoms with Crippen LogP contribution in [0.15, 0.2) is 24.2 Å². The molecule has 1 aliphatic heterocycles. The molecular formula is C10H16N2O6. The molecule has 1 heterocycles. The Labute approximate surface area is 104 Å². The van der Waals surface area contributed by atoms with E-state index >= 15 is 0 Å². The lowest BCUT2D eigenvalue weighted by Crippen LogP contribution is -2.38. The molecule has 0 saturated heterocycles. The van der Waals surface area contributed by atoms with E-state index in [4.69, 9.17) is 14.9 Å². The fraction of sp³-hybridized carbons (Fsp3) is 0.600. The van der Waals surface area contributed by atoms with Gasteiger partial charge in [-0.1, -0.05) is 0 Å². The Hall–Kier alpha value is -1.48. The predicted octanol–water partition coefficient (Wildman–Crippen LogP) is -0.988. The van der Waals surface area contributed by atoms with E-state index in [1.165, 1.54) is 17.2 Å². The Balaban J connectivity index is 2.55. The monoisotopic (exact) mass is 260 g/mol. The minimum atomic E-state index is -1.23. The molecule has 0 aliphatic carbocycles. The first-order valence-corrected chi connectivity index (χ1v) is 5.39. The van der Waals surface area contributed by atoms with E-state index in [0.29, 0.717) is 6.42 Å². The summed E-state index contributed by atoms with van der Waals surface area (Å²) in [5, 5.41) is 37.7. The minimum absolute atomic E-state index is 0.118. The van der Waals surface area contributed by atoms with Crippen LogP contribution in [0.3, 0.4) is 0 Å². The molecule has 8 heteroatoms. The summed E-state index contributed by atoms with van der Waals surface area (Å²) in [6.07, 6.45) is 2.89. The molecule has 0 aromatic carbocycles. The Morgan fingerprint density at radius 3 is 2.78 bits per heavy atom. The third-order valence-corrected chi connectivity index (χ3v) is 2.43. The summed E-state index contributed by atoms with van der Waals surface area (Å²) in [7, 11) is 0. The van der Waals surface area contributed by atoms with Gasteiger partial charge < -0.3 is 30.2 Å². The molecule has 102 valence electrons. The highest BCUT2D eigenvalue weighted by molar-refractivity contribution is 5.06. The number of ether oxygens (including phenoxy) is 1. The van der Waals surface area contributed by atoms with Crippen LogP contribution in [0.4, 0.5) is 0 Å². The second-order valence-corrected chi connectivity index (χ2v) is 3.68. The van der Waals surface area contributed by atoms with Crippen LogP contribution in [0.2, 0.25) is 0 Å². The fourth-order valence-electron chi connectivity index (χ4n) is 1.42. The van der Waals surface area contributed by atoms with Gasteiger partial charge in [0.25, 0.3) is 0 Å². The van der Waals surface area contributed by atoms with Gasteiger partial charge in [0.15, 0.2) is 6.73 Å². The van der Waals surface area contributed by atoms with Crippen LogP contribution in [-0.4, -0.2) is 57.3 Å². The number of hydrogen-bond acceptors (Lipinski definition) is 7. The van der Waals surface area contributed by atoms with Gasteiger partial charge in [0, 0.05) is 6.08 Å². The first kappa shape index (κ1) is 14.6. The van der Waals surface area contributed by atoms with Crippen LogP contribution < -0.4 is 0 Å². The van der Waals surface area contributed by atoms with Crippen molar-refractivity contribution in [3.05, 3.63) is 34.3 Å². The predicted molar refractivity (Wildman–Crippen MR) is 60.6 cm³/mol. The largest absolute Gasteiger partial charge is 0.394 e. The summed E-state index contributed by atoms with van der Waals surface area (Å²) in [4.78, 5) is 11.4. The summed E-state index contributed by atoms with van der Waals surface area (Å²) >= 11 is 0. The van der Waals surface area contributed by atoms with E-state index in [0.717, 1.165) is 0 Å². The smallest absolute Gasteiger partial charge is 0.321 e. The van der Waals surface area contributed by atoms with E-state index in [-0.39, 0.29) is 12.6 Å². The second-order valence-electron chi connectivity index (χ2n) is 3.68. The zero-order chi connectivity index (χ0) is 13.5. The van der Waals surface area contributed by atoms with Crippen molar-refractivity contribution in [1.82, 2.24) is 4.90 Å². The van der Waals surface area contributed by atoms with Gasteiger partial charge in [-0.25, -0.2) is 4.90 Å². The average Bonchev–Trinajstić information content (AvgIpc) is 2.39. The highest BCUT2D eigenvalue weighted by atomic mass is 16.6. The molecule has 1 rings (SSSR count). The molecule has 0 aromatic heterocycles. The molecule has 1 aliphatic rings. The second kappa shape index (κ2) is 7.07. The Bertz CT molecular complexity index is 343. The lowest BCUT2D eigenvalue weighted by atomic mass is 10.2. The SMILES string of the molecule is O=[N+]([O-])C1=CCC=CN1COC(CO)C(O)CO. The van der Waals surface area contributed by atoms with Crippen molar-refractivity contribution in [2.45, 2.75) is 18.6 Å². The first-order valence-electron chi connectivity index (χ1n) is 5.39. The Morgan fingerprint density at radius 1 is 1.50 bits per heavy atom. The lowest BCUT2D eigenvalue weighted by Gasteiger charge is -2.23. The normalized spacial score (nSPS) is 18.4. The Kier molecular flexibility index (Phi) is 5.72. The molecule has 0 bridgehead atoms. The zero-order valence-corrected chi connectivity index (χ0v) is 9.68. The summed E-state index contributed by atoms with van der Waals surface area (Å²) in [5.41, 5.74) is 0. The zero-order valence-electron chi connectivity index (χ0n) is 9.68. The molecular weight excluding hydrogens is 244 g/mol. The standard InChI is InChI=1S/C10H16N2O6/c13-5-8(15)9(6-14)18-7-11-4-2-1-3-10(11)12(16)17/h2-4,8-9,13-15H,1,5-7H2. The molecule has 0 radical (unpaired) electrons. The average molecular weight is 260 g/mol. The maximum Gasteiger partial charge on any atom is 0.321 e. The fourth-order valence-corrected chi connectivity index (χ4v) is 1.42. The highest BCUT2D eigenvalue weighted by Crippen LogP contribution is 2.14. The number of hydrogen-bond donors (Lipinski definition) is 3. The van der Waals surface area contributed by atoms with Gasteiger partial charge in [-0.2, -0.15) is 0 Å². The molecule has 18 heavy (non-hydrogen) atoms. The van der Waals surface area contributed by atoms with Crippen molar-refractivity contribution < 1.29 is 25.0 Å². The number of rotatable bonds is 7. The summed E-state index contributed by atoms with van der Waals surface area (Å²) < 4.78 is 5.13. The van der Waals surface area contributed by atoms with Crippen LogP contribution in [0.1, 0.15) is 6.42 Å². The van der Waals surface area contributed by atoms with E-state index < -0.39 is 30.3 Å². The van der Waals surface area contributed by atoms with Gasteiger partial charge in [0.05, 0.1) is 19.4 Å². The van der Waals surface area contributed by atoms with Gasteiger partial charge >= 0.3 is 5.82 Å². The molecule has 0 amide bonds. The molecule has 0 fully saturated rings. The summed E-state index contributed by atoms with van der Waals surface area (Å²) in [6, 6.07) is 0. The molecule has 0 spiro atoms. The molecule has 2 unspecified atom stereocenters. The van der Waals surface area contributed by atoms with Crippen LogP contribution in [-0.2, 0) is 4.74 Å². The number of nitrogens with zero attached hydrogens (tertiary/aromatic N) is 2. The quantitative estimate of drug-likeness (QED) is 0.397. The lowest BCUT2D eigenvalue weighted by molar-refractivity contribution is -0.446. The Morgan fingerprint density at radius 2 is 2.22 bits per heavy atom. The van der Waals surface area contributed by atoms with Crippen molar-refractivity contribution in [1.29, 1.82) is 0 Å². The highest BCUT2D eigenvalue weighted by Gasteiger charge is 2.25. The van der Waals surface area contributed by atoms with Crippen molar-refractivity contribution in [2.75, 3.05) is 19.9 Å². The molecule has 2 atom stereocenters. The van der Waals surface area contributed by atoms with Crippen molar-refractivity contribution >= 4 is 0 Å². The van der Waals surface area contributed by atoms with Crippen molar-refractivity contribution in [2.24, 2.45) is 0 Å². The van der Waals surface area contributed by atoms with E-state index in [2.05, 4.69) is 0 Å². The number of aliphatic hydroxyl groups is 3. The van der Waals surface area contributed by atoms with Crippen molar-refractivity contribution in [3.8, 4) is 0 Å². The maximum atomic E-state index is 10.7. The maximum absolute atomic E-state index is 10.7. The summed E-state index contributed by atoms with van der Waals surface area (Å²) in [6.45, 7) is -1.23. The van der Waals surface area contributed by atoms with E-state index in [1.807, 2.05) is 0 Å². The van der Waals surface area contributed by atoms with Crippen molar-refractivity contribution in [3.63, 3.8) is 0 Å². The van der Waals surface area contributed by atoms with Crippen LogP contribution in [0.25, 0.3) is 0 Å². The summed E-state index contributed by atoms with van der Waals surface area (Å²) in [5.74, 6) is -0.118. The van der Waals surface area contributed by atoms with Crippen LogP contribution in [0.5, 0.6) is 0 Å². The van der Waals surface area contributed by atoms with Gasteiger partial charge in [0.2, 0.25) is 0 Å².